The quantitative estimate of drug-likeness (QED) is 0.864. The molecule has 0 aromatic heterocycles. The van der Waals surface area contributed by atoms with E-state index in [0.29, 0.717) is 5.92 Å². The summed E-state index contributed by atoms with van der Waals surface area (Å²) < 4.78 is 0. The molecular weight excluding hydrogens is 222 g/mol. The van der Waals surface area contributed by atoms with Gasteiger partial charge in [0.2, 0.25) is 0 Å². The van der Waals surface area contributed by atoms with Crippen LogP contribution in [-0.2, 0) is 6.42 Å². The van der Waals surface area contributed by atoms with E-state index in [0.717, 1.165) is 19.5 Å². The average Bonchev–Trinajstić information content (AvgIpc) is 2.85. The van der Waals surface area contributed by atoms with E-state index in [1.165, 1.54) is 24.0 Å². The Morgan fingerprint density at radius 2 is 1.72 bits per heavy atom. The molecule has 0 spiro atoms. The van der Waals surface area contributed by atoms with Gasteiger partial charge in [0.25, 0.3) is 0 Å². The Morgan fingerprint density at radius 3 is 2.22 bits per heavy atom. The second kappa shape index (κ2) is 6.35. The number of rotatable bonds is 5. The normalized spacial score (nSPS) is 18.4. The summed E-state index contributed by atoms with van der Waals surface area (Å²) in [4.78, 5) is 2.40. The molecule has 2 rings (SSSR count). The summed E-state index contributed by atoms with van der Waals surface area (Å²) in [5, 5.41) is 9.61. The van der Waals surface area contributed by atoms with E-state index in [2.05, 4.69) is 43.0 Å². The highest BCUT2D eigenvalue weighted by molar-refractivity contribution is 5.25. The summed E-state index contributed by atoms with van der Waals surface area (Å²) in [6.45, 7) is 6.96. The number of benzene rings is 1. The van der Waals surface area contributed by atoms with Gasteiger partial charge >= 0.3 is 0 Å². The van der Waals surface area contributed by atoms with Crippen LogP contribution in [0.2, 0.25) is 0 Å². The van der Waals surface area contributed by atoms with Crippen LogP contribution in [0.5, 0.6) is 0 Å². The molecule has 100 valence electrons. The highest BCUT2D eigenvalue weighted by atomic mass is 16.3. The van der Waals surface area contributed by atoms with Crippen molar-refractivity contribution in [2.75, 3.05) is 19.7 Å². The molecule has 1 aromatic rings. The summed E-state index contributed by atoms with van der Waals surface area (Å²) in [5.74, 6) is 0.697. The lowest BCUT2D eigenvalue weighted by Gasteiger charge is -2.26. The zero-order valence-electron chi connectivity index (χ0n) is 11.6. The van der Waals surface area contributed by atoms with Crippen LogP contribution in [0, 0.1) is 5.92 Å². The van der Waals surface area contributed by atoms with E-state index < -0.39 is 0 Å². The van der Waals surface area contributed by atoms with Crippen molar-refractivity contribution in [3.8, 4) is 0 Å². The number of nitrogens with zero attached hydrogens (tertiary/aromatic N) is 1. The van der Waals surface area contributed by atoms with Gasteiger partial charge in [-0.2, -0.15) is 0 Å². The van der Waals surface area contributed by atoms with Gasteiger partial charge < -0.3 is 5.11 Å². The van der Waals surface area contributed by atoms with Gasteiger partial charge in [-0.05, 0) is 49.4 Å². The maximum absolute atomic E-state index is 9.61. The van der Waals surface area contributed by atoms with Crippen LogP contribution < -0.4 is 0 Å². The third-order valence-corrected chi connectivity index (χ3v) is 3.76. The van der Waals surface area contributed by atoms with Crippen LogP contribution in [0.25, 0.3) is 0 Å². The average molecular weight is 247 g/mol. The first-order valence-corrected chi connectivity index (χ1v) is 7.14. The minimum atomic E-state index is 0.195. The van der Waals surface area contributed by atoms with Crippen molar-refractivity contribution >= 4 is 0 Å². The number of aliphatic hydroxyl groups is 1. The maximum atomic E-state index is 9.61. The molecule has 18 heavy (non-hydrogen) atoms. The van der Waals surface area contributed by atoms with Crippen LogP contribution in [0.3, 0.4) is 0 Å². The molecule has 1 fully saturated rings. The van der Waals surface area contributed by atoms with Gasteiger partial charge in [-0.25, -0.2) is 0 Å². The monoisotopic (exact) mass is 247 g/mol. The van der Waals surface area contributed by atoms with Crippen LogP contribution >= 0.6 is 0 Å². The lowest BCUT2D eigenvalue weighted by molar-refractivity contribution is 0.147. The number of hydrogen-bond acceptors (Lipinski definition) is 2. The Labute approximate surface area is 111 Å². The second-order valence-electron chi connectivity index (χ2n) is 5.78. The van der Waals surface area contributed by atoms with E-state index >= 15 is 0 Å². The van der Waals surface area contributed by atoms with Crippen molar-refractivity contribution < 1.29 is 5.11 Å². The Hall–Kier alpha value is -0.860. The molecule has 1 aliphatic heterocycles. The van der Waals surface area contributed by atoms with Gasteiger partial charge in [0.1, 0.15) is 0 Å². The van der Waals surface area contributed by atoms with E-state index in [-0.39, 0.29) is 12.6 Å². The van der Waals surface area contributed by atoms with Crippen molar-refractivity contribution in [2.24, 2.45) is 5.92 Å². The van der Waals surface area contributed by atoms with E-state index in [1.54, 1.807) is 0 Å². The molecule has 2 heteroatoms. The fraction of sp³-hybridized carbons (Fsp3) is 0.625. The third kappa shape index (κ3) is 3.33. The molecule has 1 aromatic carbocycles. The molecule has 1 N–H and O–H groups in total. The van der Waals surface area contributed by atoms with E-state index in [9.17, 15) is 5.11 Å². The topological polar surface area (TPSA) is 23.5 Å². The second-order valence-corrected chi connectivity index (χ2v) is 5.78. The standard InChI is InChI=1S/C16H25NO/c1-13(2)11-14-5-7-15(8-6-14)16(12-18)17-9-3-4-10-17/h5-8,13,16,18H,3-4,9-12H2,1-2H3. The first-order valence-electron chi connectivity index (χ1n) is 7.14. The predicted octanol–water partition coefficient (Wildman–Crippen LogP) is 3.01. The molecule has 2 nitrogen and oxygen atoms in total. The number of likely N-dealkylation sites (tertiary alicyclic amines) is 1. The van der Waals surface area contributed by atoms with Gasteiger partial charge in [0.05, 0.1) is 12.6 Å². The third-order valence-electron chi connectivity index (χ3n) is 3.76. The van der Waals surface area contributed by atoms with Crippen LogP contribution in [0.1, 0.15) is 43.9 Å². The SMILES string of the molecule is CC(C)Cc1ccc(C(CO)N2CCCC2)cc1. The first kappa shape index (κ1) is 13.6. The molecule has 0 bridgehead atoms. The number of aliphatic hydroxyl groups excluding tert-OH is 1. The predicted molar refractivity (Wildman–Crippen MR) is 75.6 cm³/mol. The van der Waals surface area contributed by atoms with Crippen molar-refractivity contribution in [3.63, 3.8) is 0 Å². The minimum absolute atomic E-state index is 0.195. The molecule has 0 radical (unpaired) electrons. The van der Waals surface area contributed by atoms with Gasteiger partial charge in [0.15, 0.2) is 0 Å². The summed E-state index contributed by atoms with van der Waals surface area (Å²) in [5.41, 5.74) is 2.65. The van der Waals surface area contributed by atoms with E-state index in [1.807, 2.05) is 0 Å². The number of hydrogen-bond donors (Lipinski definition) is 1. The zero-order valence-corrected chi connectivity index (χ0v) is 11.6. The van der Waals surface area contributed by atoms with Crippen LogP contribution in [-0.4, -0.2) is 29.7 Å². The fourth-order valence-corrected chi connectivity index (χ4v) is 2.83. The van der Waals surface area contributed by atoms with Crippen molar-refractivity contribution in [2.45, 2.75) is 39.2 Å². The van der Waals surface area contributed by atoms with Gasteiger partial charge in [0, 0.05) is 0 Å². The van der Waals surface area contributed by atoms with Crippen LogP contribution in [0.4, 0.5) is 0 Å². The molecule has 1 unspecified atom stereocenters. The molecule has 1 aliphatic rings. The Balaban J connectivity index is 2.06. The lowest BCUT2D eigenvalue weighted by atomic mass is 9.99. The molecular formula is C16H25NO. The van der Waals surface area contributed by atoms with Gasteiger partial charge in [-0.15, -0.1) is 0 Å². The minimum Gasteiger partial charge on any atom is -0.394 e. The van der Waals surface area contributed by atoms with Gasteiger partial charge in [-0.3, -0.25) is 4.90 Å². The molecule has 0 amide bonds. The summed E-state index contributed by atoms with van der Waals surface area (Å²) in [6, 6.07) is 9.01. The highest BCUT2D eigenvalue weighted by Gasteiger charge is 2.22. The zero-order chi connectivity index (χ0) is 13.0. The van der Waals surface area contributed by atoms with Crippen molar-refractivity contribution in [1.29, 1.82) is 0 Å². The summed E-state index contributed by atoms with van der Waals surface area (Å²) in [6.07, 6.45) is 3.66. The van der Waals surface area contributed by atoms with Gasteiger partial charge in [-0.1, -0.05) is 38.1 Å². The Bertz CT molecular complexity index is 352. The molecule has 0 saturated carbocycles. The summed E-state index contributed by atoms with van der Waals surface area (Å²) in [7, 11) is 0. The first-order chi connectivity index (χ1) is 8.70. The smallest absolute Gasteiger partial charge is 0.0628 e. The Morgan fingerprint density at radius 1 is 1.11 bits per heavy atom. The summed E-state index contributed by atoms with van der Waals surface area (Å²) >= 11 is 0. The Kier molecular flexibility index (Phi) is 4.79. The van der Waals surface area contributed by atoms with E-state index in [4.69, 9.17) is 0 Å². The van der Waals surface area contributed by atoms with Crippen LogP contribution in [0.15, 0.2) is 24.3 Å². The largest absolute Gasteiger partial charge is 0.394 e. The maximum Gasteiger partial charge on any atom is 0.0628 e. The van der Waals surface area contributed by atoms with Crippen molar-refractivity contribution in [1.82, 2.24) is 4.90 Å². The molecule has 0 aliphatic carbocycles. The van der Waals surface area contributed by atoms with Crippen molar-refractivity contribution in [3.05, 3.63) is 35.4 Å². The fourth-order valence-electron chi connectivity index (χ4n) is 2.83. The molecule has 1 saturated heterocycles. The lowest BCUT2D eigenvalue weighted by Crippen LogP contribution is -2.28. The molecule has 1 atom stereocenters. The molecule has 1 heterocycles. The highest BCUT2D eigenvalue weighted by Crippen LogP contribution is 2.25.